The number of amides is 2. The Labute approximate surface area is 272 Å². The first kappa shape index (κ1) is 32.8. The van der Waals surface area contributed by atoms with Crippen LogP contribution in [0.25, 0.3) is 0 Å². The molecule has 46 heavy (non-hydrogen) atoms. The van der Waals surface area contributed by atoms with Gasteiger partial charge in [-0.15, -0.1) is 11.8 Å². The number of esters is 1. The highest BCUT2D eigenvalue weighted by Gasteiger charge is 2.55. The van der Waals surface area contributed by atoms with Crippen molar-refractivity contribution in [2.45, 2.75) is 55.7 Å². The molecule has 0 saturated carbocycles. The number of nitrogens with one attached hydrogen (secondary N) is 1. The number of carbonyl (C=O) groups excluding carboxylic acids is 3. The Morgan fingerprint density at radius 3 is 2.11 bits per heavy atom. The molecule has 2 amide bonds. The summed E-state index contributed by atoms with van der Waals surface area (Å²) in [7, 11) is -4.14. The number of ether oxygens (including phenoxy) is 2. The molecule has 0 spiro atoms. The van der Waals surface area contributed by atoms with Gasteiger partial charge in [-0.3, -0.25) is 9.69 Å². The summed E-state index contributed by atoms with van der Waals surface area (Å²) in [6.45, 7) is 6.97. The van der Waals surface area contributed by atoms with Crippen LogP contribution in [0.1, 0.15) is 43.6 Å². The van der Waals surface area contributed by atoms with Crippen molar-refractivity contribution < 1.29 is 36.5 Å². The first-order chi connectivity index (χ1) is 21.8. The van der Waals surface area contributed by atoms with E-state index in [1.54, 1.807) is 32.9 Å². The number of hydrogen-bond donors (Lipinski definition) is 1. The topological polar surface area (TPSA) is 128 Å². The van der Waals surface area contributed by atoms with Gasteiger partial charge in [-0.25, -0.2) is 9.59 Å². The summed E-state index contributed by atoms with van der Waals surface area (Å²) in [5.41, 5.74) is 1.79. The third kappa shape index (κ3) is 7.45. The Morgan fingerprint density at radius 2 is 1.54 bits per heavy atom. The molecule has 0 unspecified atom stereocenters. The van der Waals surface area contributed by atoms with Gasteiger partial charge in [-0.05, 0) is 62.6 Å². The van der Waals surface area contributed by atoms with Crippen molar-refractivity contribution in [3.05, 3.63) is 125 Å². The molecule has 2 heterocycles. The van der Waals surface area contributed by atoms with E-state index in [2.05, 4.69) is 5.32 Å². The van der Waals surface area contributed by atoms with Crippen molar-refractivity contribution in [1.82, 2.24) is 10.2 Å². The van der Waals surface area contributed by atoms with E-state index in [0.717, 1.165) is 11.8 Å². The minimum Gasteiger partial charge on any atom is -0.448 e. The number of thioether (sulfide) groups is 1. The van der Waals surface area contributed by atoms with Gasteiger partial charge in [0.15, 0.2) is 6.10 Å². The maximum atomic E-state index is 14.0. The fourth-order valence-electron chi connectivity index (χ4n) is 4.89. The molecular formula is C34H34N2O8S2. The van der Waals surface area contributed by atoms with Crippen molar-refractivity contribution in [2.24, 2.45) is 0 Å². The zero-order valence-corrected chi connectivity index (χ0v) is 27.3. The Balaban J connectivity index is 1.46. The van der Waals surface area contributed by atoms with E-state index in [-0.39, 0.29) is 16.3 Å². The van der Waals surface area contributed by atoms with Gasteiger partial charge in [0.1, 0.15) is 33.9 Å². The molecule has 240 valence electrons. The molecule has 0 bridgehead atoms. The van der Waals surface area contributed by atoms with Gasteiger partial charge in [-0.2, -0.15) is 8.42 Å². The van der Waals surface area contributed by atoms with E-state index in [9.17, 15) is 22.8 Å². The molecule has 3 aromatic carbocycles. The number of benzene rings is 3. The minimum absolute atomic E-state index is 0.0306. The zero-order valence-electron chi connectivity index (χ0n) is 25.7. The predicted molar refractivity (Wildman–Crippen MR) is 173 cm³/mol. The molecule has 2 aliphatic heterocycles. The van der Waals surface area contributed by atoms with Crippen molar-refractivity contribution in [2.75, 3.05) is 5.75 Å². The molecule has 0 aliphatic carbocycles. The molecule has 1 saturated heterocycles. The van der Waals surface area contributed by atoms with E-state index in [0.29, 0.717) is 16.7 Å². The van der Waals surface area contributed by atoms with Crippen LogP contribution >= 0.6 is 11.8 Å². The van der Waals surface area contributed by atoms with Crippen molar-refractivity contribution in [3.63, 3.8) is 0 Å². The lowest BCUT2D eigenvalue weighted by Gasteiger charge is -2.49. The second-order valence-electron chi connectivity index (χ2n) is 11.7. The van der Waals surface area contributed by atoms with Crippen molar-refractivity contribution in [1.29, 1.82) is 0 Å². The van der Waals surface area contributed by atoms with Gasteiger partial charge < -0.3 is 19.0 Å². The summed E-state index contributed by atoms with van der Waals surface area (Å²) in [6.07, 6.45) is 0.761. The summed E-state index contributed by atoms with van der Waals surface area (Å²) >= 11 is 1.29. The molecule has 12 heteroatoms. The average Bonchev–Trinajstić information content (AvgIpc) is 3.02. The predicted octanol–water partition coefficient (Wildman–Crippen LogP) is 5.61. The van der Waals surface area contributed by atoms with Crippen LogP contribution in [-0.4, -0.2) is 54.1 Å². The molecule has 0 aromatic heterocycles. The van der Waals surface area contributed by atoms with Crippen LogP contribution in [0.2, 0.25) is 0 Å². The number of fused-ring (bicyclic) bond motifs is 1. The second-order valence-corrected chi connectivity index (χ2v) is 14.4. The third-order valence-electron chi connectivity index (χ3n) is 7.05. The summed E-state index contributed by atoms with van der Waals surface area (Å²) in [5, 5.41) is 1.98. The molecule has 0 radical (unpaired) electrons. The molecular weight excluding hydrogens is 629 g/mol. The zero-order chi connectivity index (χ0) is 33.1. The van der Waals surface area contributed by atoms with Crippen LogP contribution in [0, 0.1) is 6.92 Å². The number of carbonyl (C=O) groups is 3. The van der Waals surface area contributed by atoms with E-state index in [1.165, 1.54) is 34.9 Å². The van der Waals surface area contributed by atoms with Crippen LogP contribution in [0.3, 0.4) is 0 Å². The molecule has 1 fully saturated rings. The number of nitrogens with zero attached hydrogens (tertiary/aromatic N) is 1. The number of alkyl carbamates (subject to hydrolysis) is 1. The highest BCUT2D eigenvalue weighted by atomic mass is 32.2. The first-order valence-electron chi connectivity index (χ1n) is 14.5. The maximum absolute atomic E-state index is 14.0. The maximum Gasteiger partial charge on any atom is 0.408 e. The molecule has 10 nitrogen and oxygen atoms in total. The van der Waals surface area contributed by atoms with Crippen LogP contribution in [0.5, 0.6) is 0 Å². The van der Waals surface area contributed by atoms with E-state index in [1.807, 2.05) is 67.6 Å². The Kier molecular flexibility index (Phi) is 9.59. The summed E-state index contributed by atoms with van der Waals surface area (Å²) in [5.74, 6) is -1.14. The number of aryl methyl sites for hydroxylation is 1. The van der Waals surface area contributed by atoms with Gasteiger partial charge in [0, 0.05) is 5.75 Å². The van der Waals surface area contributed by atoms with Crippen LogP contribution in [-0.2, 0) is 33.4 Å². The van der Waals surface area contributed by atoms with Gasteiger partial charge in [0.25, 0.3) is 5.91 Å². The first-order valence-corrected chi connectivity index (χ1v) is 16.9. The van der Waals surface area contributed by atoms with Gasteiger partial charge in [0.05, 0.1) is 0 Å². The lowest BCUT2D eigenvalue weighted by molar-refractivity contribution is -0.153. The van der Waals surface area contributed by atoms with Gasteiger partial charge >= 0.3 is 22.2 Å². The largest absolute Gasteiger partial charge is 0.448 e. The van der Waals surface area contributed by atoms with Crippen molar-refractivity contribution in [3.8, 4) is 0 Å². The fourth-order valence-corrected chi connectivity index (χ4v) is 6.99. The van der Waals surface area contributed by atoms with E-state index >= 15 is 0 Å². The quantitative estimate of drug-likeness (QED) is 0.135. The van der Waals surface area contributed by atoms with Gasteiger partial charge in [-0.1, -0.05) is 78.4 Å². The molecule has 1 N–H and O–H groups in total. The third-order valence-corrected chi connectivity index (χ3v) is 9.57. The number of hydrogen-bond acceptors (Lipinski definition) is 9. The summed E-state index contributed by atoms with van der Waals surface area (Å²) in [6, 6.07) is 23.6. The normalized spacial score (nSPS) is 18.2. The number of allylic oxidation sites excluding steroid dienone is 1. The van der Waals surface area contributed by atoms with Gasteiger partial charge in [0.2, 0.25) is 0 Å². The Morgan fingerprint density at radius 1 is 0.957 bits per heavy atom. The van der Waals surface area contributed by atoms with E-state index < -0.39 is 51.2 Å². The molecule has 3 aromatic rings. The highest BCUT2D eigenvalue weighted by molar-refractivity contribution is 8.00. The average molecular weight is 663 g/mol. The summed E-state index contributed by atoms with van der Waals surface area (Å²) < 4.78 is 42.1. The number of rotatable bonds is 9. The molecule has 5 rings (SSSR count). The SMILES string of the molecule is Cc1ccc(S(=O)(=O)O/C=C/C2=C(C(=O)OC(c3ccccc3)c3ccccc3)N3C(=O)[C@@H](NC(=O)OC(C)(C)C)[C@H]3SC2)cc1. The Hall–Kier alpha value is -4.55. The standard InChI is InChI=1S/C34H34N2O8S2/c1-22-15-17-26(18-16-22)46(40,41)42-20-19-25-21-45-31-27(35-33(39)44-34(2,3)4)30(37)36(31)28(25)32(38)43-29(23-11-7-5-8-12-23)24-13-9-6-10-14-24/h5-20,27,29,31H,21H2,1-4H3,(H,35,39)/b20-19+/t27-,31-/m1/s1. The highest BCUT2D eigenvalue weighted by Crippen LogP contribution is 2.42. The lowest BCUT2D eigenvalue weighted by atomic mass is 10.0. The molecule has 2 atom stereocenters. The smallest absolute Gasteiger partial charge is 0.408 e. The summed E-state index contributed by atoms with van der Waals surface area (Å²) in [4.78, 5) is 41.2. The second kappa shape index (κ2) is 13.4. The lowest BCUT2D eigenvalue weighted by Crippen LogP contribution is -2.70. The minimum atomic E-state index is -4.14. The van der Waals surface area contributed by atoms with Crippen LogP contribution in [0.4, 0.5) is 4.79 Å². The van der Waals surface area contributed by atoms with Crippen molar-refractivity contribution >= 4 is 39.8 Å². The van der Waals surface area contributed by atoms with Crippen LogP contribution < -0.4 is 5.32 Å². The fraction of sp³-hybridized carbons (Fsp3) is 0.265. The van der Waals surface area contributed by atoms with Crippen LogP contribution in [0.15, 0.2) is 113 Å². The Bertz CT molecular complexity index is 1730. The monoisotopic (exact) mass is 662 g/mol. The molecule has 2 aliphatic rings. The van der Waals surface area contributed by atoms with E-state index in [4.69, 9.17) is 13.7 Å². The number of β-lactam (4-membered cyclic amide) rings is 1.